The number of carboxylic acids is 1. The summed E-state index contributed by atoms with van der Waals surface area (Å²) in [5.41, 5.74) is 7.71. The van der Waals surface area contributed by atoms with Gasteiger partial charge in [0.25, 0.3) is 0 Å². The van der Waals surface area contributed by atoms with E-state index in [1.165, 1.54) is 0 Å². The van der Waals surface area contributed by atoms with E-state index in [-0.39, 0.29) is 0 Å². The summed E-state index contributed by atoms with van der Waals surface area (Å²) in [6.45, 7) is 3.70. The number of pyridine rings is 1. The maximum atomic E-state index is 10.6. The van der Waals surface area contributed by atoms with Crippen molar-refractivity contribution in [2.45, 2.75) is 20.0 Å². The van der Waals surface area contributed by atoms with Gasteiger partial charge in [-0.05, 0) is 25.5 Å². The van der Waals surface area contributed by atoms with Gasteiger partial charge >= 0.3 is 12.1 Å². The van der Waals surface area contributed by atoms with Crippen molar-refractivity contribution in [3.63, 3.8) is 0 Å². The molecule has 0 amide bonds. The van der Waals surface area contributed by atoms with E-state index >= 15 is 0 Å². The molecule has 0 saturated heterocycles. The maximum absolute atomic E-state index is 10.6. The van der Waals surface area contributed by atoms with Crippen LogP contribution in [0.2, 0.25) is 0 Å². The molecule has 0 aromatic carbocycles. The second kappa shape index (κ2) is 5.86. The Morgan fingerprint density at radius 3 is 2.22 bits per heavy atom. The average molecular weight is 261 g/mol. The third kappa shape index (κ3) is 4.69. The summed E-state index contributed by atoms with van der Waals surface area (Å²) in [5, 5.41) is 15.7. The van der Waals surface area contributed by atoms with Crippen molar-refractivity contribution in [2.75, 3.05) is 5.73 Å². The van der Waals surface area contributed by atoms with Crippen molar-refractivity contribution in [3.05, 3.63) is 22.9 Å². The smallest absolute Gasteiger partial charge is 0.475 e. The van der Waals surface area contributed by atoms with Gasteiger partial charge in [0.2, 0.25) is 0 Å². The number of nitrogen functional groups attached to an aromatic ring is 1. The number of nitrogens with zero attached hydrogens (tertiary/aromatic N) is 2. The van der Waals surface area contributed by atoms with Crippen LogP contribution in [0.15, 0.2) is 6.07 Å². The summed E-state index contributed by atoms with van der Waals surface area (Å²) < 4.78 is 31.7. The first-order valence-electron chi connectivity index (χ1n) is 4.53. The molecule has 5 nitrogen and oxygen atoms in total. The zero-order valence-corrected chi connectivity index (χ0v) is 9.54. The third-order valence-electron chi connectivity index (χ3n) is 1.73. The third-order valence-corrected chi connectivity index (χ3v) is 1.73. The monoisotopic (exact) mass is 261 g/mol. The Balaban J connectivity index is 0.000000360. The molecule has 1 aromatic heterocycles. The number of hydrogen-bond donors (Lipinski definition) is 2. The van der Waals surface area contributed by atoms with Crippen LogP contribution in [0, 0.1) is 25.2 Å². The van der Waals surface area contributed by atoms with Gasteiger partial charge in [-0.2, -0.15) is 18.4 Å². The summed E-state index contributed by atoms with van der Waals surface area (Å²) in [6.07, 6.45) is -5.08. The highest BCUT2D eigenvalue weighted by Crippen LogP contribution is 2.13. The van der Waals surface area contributed by atoms with E-state index in [4.69, 9.17) is 20.9 Å². The van der Waals surface area contributed by atoms with Crippen LogP contribution >= 0.6 is 0 Å². The molecule has 0 bridgehead atoms. The fourth-order valence-electron chi connectivity index (χ4n) is 1.01. The van der Waals surface area contributed by atoms with Crippen molar-refractivity contribution >= 4 is 11.8 Å². The number of rotatable bonds is 0. The SMILES string of the molecule is Cc1cc(C)c(C#N)c(N)n1.O=C(O)C(F)(F)F. The highest BCUT2D eigenvalue weighted by molar-refractivity contribution is 5.73. The van der Waals surface area contributed by atoms with Crippen LogP contribution in [0.4, 0.5) is 19.0 Å². The summed E-state index contributed by atoms with van der Waals surface area (Å²) >= 11 is 0. The molecule has 0 unspecified atom stereocenters. The molecule has 1 rings (SSSR count). The Morgan fingerprint density at radius 1 is 1.50 bits per heavy atom. The minimum Gasteiger partial charge on any atom is -0.475 e. The van der Waals surface area contributed by atoms with E-state index in [0.717, 1.165) is 11.3 Å². The van der Waals surface area contributed by atoms with Gasteiger partial charge in [0.1, 0.15) is 11.9 Å². The molecule has 0 spiro atoms. The standard InChI is InChI=1S/C8H9N3.C2HF3O2/c1-5-3-6(2)11-8(10)7(5)4-9;3-2(4,5)1(6)7/h3H,1-2H3,(H2,10,11);(H,6,7). The van der Waals surface area contributed by atoms with E-state index in [2.05, 4.69) is 4.98 Å². The number of nitrogens with two attached hydrogens (primary N) is 1. The first kappa shape index (κ1) is 15.7. The predicted molar refractivity (Wildman–Crippen MR) is 56.5 cm³/mol. The van der Waals surface area contributed by atoms with E-state index in [0.29, 0.717) is 11.4 Å². The van der Waals surface area contributed by atoms with Crippen molar-refractivity contribution in [1.82, 2.24) is 4.98 Å². The van der Waals surface area contributed by atoms with E-state index in [1.807, 2.05) is 26.0 Å². The zero-order chi connectivity index (χ0) is 14.5. The quantitative estimate of drug-likeness (QED) is 0.741. The molecule has 3 N–H and O–H groups in total. The van der Waals surface area contributed by atoms with Gasteiger partial charge in [-0.15, -0.1) is 0 Å². The molecule has 0 radical (unpaired) electrons. The molecular formula is C10H10F3N3O2. The van der Waals surface area contributed by atoms with Gasteiger partial charge < -0.3 is 10.8 Å². The topological polar surface area (TPSA) is 100 Å². The molecule has 98 valence electrons. The Labute approximate surface area is 101 Å². The number of aromatic nitrogens is 1. The lowest BCUT2D eigenvalue weighted by atomic mass is 10.1. The number of hydrogen-bond acceptors (Lipinski definition) is 4. The van der Waals surface area contributed by atoms with Gasteiger partial charge in [0.05, 0.1) is 5.56 Å². The lowest BCUT2D eigenvalue weighted by Gasteiger charge is -2.01. The number of carbonyl (C=O) groups is 1. The first-order chi connectivity index (χ1) is 8.09. The predicted octanol–water partition coefficient (Wildman–Crippen LogP) is 1.79. The van der Waals surface area contributed by atoms with Crippen LogP contribution in [-0.2, 0) is 4.79 Å². The van der Waals surface area contributed by atoms with Gasteiger partial charge in [-0.1, -0.05) is 0 Å². The number of alkyl halides is 3. The van der Waals surface area contributed by atoms with Gasteiger partial charge in [-0.3, -0.25) is 0 Å². The lowest BCUT2D eigenvalue weighted by molar-refractivity contribution is -0.192. The van der Waals surface area contributed by atoms with Crippen LogP contribution in [0.25, 0.3) is 0 Å². The Hall–Kier alpha value is -2.30. The molecule has 0 saturated carbocycles. The minimum absolute atomic E-state index is 0.324. The van der Waals surface area contributed by atoms with Crippen LogP contribution in [0.1, 0.15) is 16.8 Å². The van der Waals surface area contributed by atoms with Gasteiger partial charge in [0.15, 0.2) is 0 Å². The minimum atomic E-state index is -5.08. The molecule has 1 aromatic rings. The fourth-order valence-corrected chi connectivity index (χ4v) is 1.01. The summed E-state index contributed by atoms with van der Waals surface area (Å²) in [7, 11) is 0. The molecule has 0 aliphatic carbocycles. The highest BCUT2D eigenvalue weighted by Gasteiger charge is 2.38. The summed E-state index contributed by atoms with van der Waals surface area (Å²) in [6, 6.07) is 3.85. The zero-order valence-electron chi connectivity index (χ0n) is 9.54. The number of halogens is 3. The summed E-state index contributed by atoms with van der Waals surface area (Å²) in [5.74, 6) is -2.43. The molecule has 0 aliphatic rings. The second-order valence-corrected chi connectivity index (χ2v) is 3.26. The Kier molecular flexibility index (Phi) is 5.11. The van der Waals surface area contributed by atoms with Crippen LogP contribution in [0.3, 0.4) is 0 Å². The van der Waals surface area contributed by atoms with Crippen LogP contribution < -0.4 is 5.73 Å². The van der Waals surface area contributed by atoms with E-state index in [1.54, 1.807) is 0 Å². The Bertz CT molecular complexity index is 469. The van der Waals surface area contributed by atoms with E-state index in [9.17, 15) is 13.2 Å². The number of carboxylic acid groups (broad SMARTS) is 1. The van der Waals surface area contributed by atoms with Crippen LogP contribution in [0.5, 0.6) is 0 Å². The highest BCUT2D eigenvalue weighted by atomic mass is 19.4. The first-order valence-corrected chi connectivity index (χ1v) is 4.53. The Morgan fingerprint density at radius 2 is 1.94 bits per heavy atom. The maximum Gasteiger partial charge on any atom is 0.490 e. The molecule has 0 aliphatic heterocycles. The van der Waals surface area contributed by atoms with Gasteiger partial charge in [-0.25, -0.2) is 9.78 Å². The average Bonchev–Trinajstić information content (AvgIpc) is 2.15. The van der Waals surface area contributed by atoms with E-state index < -0.39 is 12.1 Å². The van der Waals surface area contributed by atoms with Crippen molar-refractivity contribution in [2.24, 2.45) is 0 Å². The number of aryl methyl sites for hydroxylation is 2. The molecule has 0 fully saturated rings. The fraction of sp³-hybridized carbons (Fsp3) is 0.300. The molecular weight excluding hydrogens is 251 g/mol. The van der Waals surface area contributed by atoms with Crippen molar-refractivity contribution < 1.29 is 23.1 Å². The second-order valence-electron chi connectivity index (χ2n) is 3.26. The van der Waals surface area contributed by atoms with Crippen molar-refractivity contribution in [1.29, 1.82) is 5.26 Å². The largest absolute Gasteiger partial charge is 0.490 e. The normalized spacial score (nSPS) is 10.0. The molecule has 0 atom stereocenters. The van der Waals surface area contributed by atoms with Crippen molar-refractivity contribution in [3.8, 4) is 6.07 Å². The lowest BCUT2D eigenvalue weighted by Crippen LogP contribution is -2.21. The number of nitriles is 1. The molecule has 8 heteroatoms. The van der Waals surface area contributed by atoms with Crippen LogP contribution in [-0.4, -0.2) is 22.2 Å². The molecule has 1 heterocycles. The number of aliphatic carboxylic acids is 1. The van der Waals surface area contributed by atoms with Gasteiger partial charge in [0, 0.05) is 5.69 Å². The summed E-state index contributed by atoms with van der Waals surface area (Å²) in [4.78, 5) is 12.9. The molecule has 18 heavy (non-hydrogen) atoms. The number of anilines is 1.